The number of rotatable bonds is 5. The van der Waals surface area contributed by atoms with Gasteiger partial charge in [-0.3, -0.25) is 4.79 Å². The van der Waals surface area contributed by atoms with Gasteiger partial charge in [-0.05, 0) is 52.7 Å². The Bertz CT molecular complexity index is 772. The van der Waals surface area contributed by atoms with Crippen molar-refractivity contribution in [2.75, 3.05) is 13.1 Å². The molecule has 0 unspecified atom stereocenters. The molecule has 2 heterocycles. The van der Waals surface area contributed by atoms with E-state index < -0.39 is 5.54 Å². The molecule has 1 aliphatic rings. The molecule has 2 N–H and O–H groups in total. The first-order valence-electron chi connectivity index (χ1n) is 9.47. The molecule has 27 heavy (non-hydrogen) atoms. The van der Waals surface area contributed by atoms with Crippen molar-refractivity contribution in [2.45, 2.75) is 62.3 Å². The number of nitrogens with two attached hydrogens (primary N) is 1. The van der Waals surface area contributed by atoms with Crippen LogP contribution < -0.4 is 5.73 Å². The number of nitrogens with zero attached hydrogens (tertiary/aromatic N) is 4. The van der Waals surface area contributed by atoms with Gasteiger partial charge in [0.2, 0.25) is 5.91 Å². The Morgan fingerprint density at radius 3 is 2.44 bits per heavy atom. The lowest BCUT2D eigenvalue weighted by Gasteiger charge is -2.33. The highest BCUT2D eigenvalue weighted by Crippen LogP contribution is 2.28. The summed E-state index contributed by atoms with van der Waals surface area (Å²) in [5.74, 6) is 0.210. The minimum Gasteiger partial charge on any atom is -0.342 e. The summed E-state index contributed by atoms with van der Waals surface area (Å²) >= 11 is 1.62. The highest BCUT2D eigenvalue weighted by atomic mass is 32.2. The molecule has 1 aromatic heterocycles. The molecule has 1 saturated heterocycles. The van der Waals surface area contributed by atoms with Gasteiger partial charge in [0.25, 0.3) is 0 Å². The Balaban J connectivity index is 1.54. The van der Waals surface area contributed by atoms with Crippen LogP contribution in [-0.4, -0.2) is 44.1 Å². The van der Waals surface area contributed by atoms with Crippen LogP contribution in [0.25, 0.3) is 0 Å². The van der Waals surface area contributed by atoms with Crippen molar-refractivity contribution < 1.29 is 4.79 Å². The highest BCUT2D eigenvalue weighted by molar-refractivity contribution is 8.00. The molecule has 1 fully saturated rings. The number of hydrogen-bond acceptors (Lipinski definition) is 5. The first kappa shape index (κ1) is 19.9. The number of carbonyl (C=O) groups is 1. The average Bonchev–Trinajstić information content (AvgIpc) is 3.14. The van der Waals surface area contributed by atoms with E-state index in [0.29, 0.717) is 0 Å². The first-order chi connectivity index (χ1) is 12.7. The Hall–Kier alpha value is -1.86. The summed E-state index contributed by atoms with van der Waals surface area (Å²) in [5.41, 5.74) is 7.63. The van der Waals surface area contributed by atoms with Crippen LogP contribution in [0, 0.1) is 6.92 Å². The predicted molar refractivity (Wildman–Crippen MR) is 109 cm³/mol. The zero-order valence-electron chi connectivity index (χ0n) is 16.6. The van der Waals surface area contributed by atoms with Crippen molar-refractivity contribution >= 4 is 17.7 Å². The van der Waals surface area contributed by atoms with Gasteiger partial charge in [-0.1, -0.05) is 22.9 Å². The van der Waals surface area contributed by atoms with Crippen molar-refractivity contribution in [3.05, 3.63) is 41.7 Å². The summed E-state index contributed by atoms with van der Waals surface area (Å²) in [6, 6.07) is 8.60. The average molecular weight is 388 g/mol. The zero-order chi connectivity index (χ0) is 19.6. The molecule has 3 rings (SSSR count). The molecule has 1 amide bonds. The molecule has 1 aliphatic heterocycles. The molecule has 7 heteroatoms. The molecular formula is C20H29N5OS. The number of benzene rings is 1. The van der Waals surface area contributed by atoms with Gasteiger partial charge in [0.15, 0.2) is 0 Å². The lowest BCUT2D eigenvalue weighted by Crippen LogP contribution is -2.42. The van der Waals surface area contributed by atoms with E-state index in [9.17, 15) is 4.79 Å². The quantitative estimate of drug-likeness (QED) is 0.798. The van der Waals surface area contributed by atoms with Crippen LogP contribution in [0.1, 0.15) is 50.9 Å². The van der Waals surface area contributed by atoms with Crippen LogP contribution in [0.3, 0.4) is 0 Å². The van der Waals surface area contributed by atoms with Gasteiger partial charge >= 0.3 is 0 Å². The fourth-order valence-corrected chi connectivity index (χ4v) is 4.18. The number of aryl methyl sites for hydroxylation is 1. The maximum absolute atomic E-state index is 12.8. The monoisotopic (exact) mass is 387 g/mol. The molecule has 0 aliphatic carbocycles. The van der Waals surface area contributed by atoms with Crippen LogP contribution >= 0.6 is 11.8 Å². The predicted octanol–water partition coefficient (Wildman–Crippen LogP) is 3.12. The molecule has 1 aromatic carbocycles. The summed E-state index contributed by atoms with van der Waals surface area (Å²) in [5, 5.41) is 8.37. The number of carbonyl (C=O) groups excluding carboxylic acids is 1. The highest BCUT2D eigenvalue weighted by Gasteiger charge is 2.28. The smallest absolute Gasteiger partial charge is 0.235 e. The lowest BCUT2D eigenvalue weighted by atomic mass is 10.0. The second-order valence-electron chi connectivity index (χ2n) is 7.94. The van der Waals surface area contributed by atoms with Crippen molar-refractivity contribution in [2.24, 2.45) is 5.73 Å². The molecule has 0 spiro atoms. The minimum absolute atomic E-state index is 0.0831. The summed E-state index contributed by atoms with van der Waals surface area (Å²) in [6.07, 6.45) is 3.72. The van der Waals surface area contributed by atoms with Crippen LogP contribution in [0.4, 0.5) is 0 Å². The van der Waals surface area contributed by atoms with E-state index in [1.807, 2.05) is 36.5 Å². The molecule has 2 aromatic rings. The van der Waals surface area contributed by atoms with E-state index in [-0.39, 0.29) is 17.2 Å². The lowest BCUT2D eigenvalue weighted by molar-refractivity contribution is -0.131. The van der Waals surface area contributed by atoms with Crippen molar-refractivity contribution in [1.29, 1.82) is 0 Å². The Labute approximate surface area is 165 Å². The van der Waals surface area contributed by atoms with E-state index in [1.54, 1.807) is 11.8 Å². The van der Waals surface area contributed by atoms with Gasteiger partial charge in [0, 0.05) is 18.0 Å². The first-order valence-corrected chi connectivity index (χ1v) is 10.4. The topological polar surface area (TPSA) is 77.0 Å². The summed E-state index contributed by atoms with van der Waals surface area (Å²) < 4.78 is 1.91. The third kappa shape index (κ3) is 4.90. The molecule has 146 valence electrons. The standard InChI is InChI=1S/C20H29N5OS/c1-14-5-7-17(8-6-14)27-15(2)19(26)24-11-9-16(10-12-24)25-13-18(22-23-25)20(3,4)21/h5-8,13,15-16H,9-12,21H2,1-4H3/t15-/m0/s1. The summed E-state index contributed by atoms with van der Waals surface area (Å²) in [6.45, 7) is 9.42. The molecule has 0 saturated carbocycles. The Morgan fingerprint density at radius 2 is 1.89 bits per heavy atom. The zero-order valence-corrected chi connectivity index (χ0v) is 17.4. The second kappa shape index (κ2) is 8.02. The van der Waals surface area contributed by atoms with Crippen LogP contribution in [0.2, 0.25) is 0 Å². The van der Waals surface area contributed by atoms with Gasteiger partial charge in [-0.2, -0.15) is 0 Å². The Morgan fingerprint density at radius 1 is 1.26 bits per heavy atom. The van der Waals surface area contributed by atoms with Gasteiger partial charge in [0.05, 0.1) is 23.0 Å². The third-order valence-corrected chi connectivity index (χ3v) is 6.10. The Kier molecular flexibility index (Phi) is 5.91. The fourth-order valence-electron chi connectivity index (χ4n) is 3.23. The van der Waals surface area contributed by atoms with E-state index in [2.05, 4.69) is 41.5 Å². The number of likely N-dealkylation sites (tertiary alicyclic amines) is 1. The largest absolute Gasteiger partial charge is 0.342 e. The van der Waals surface area contributed by atoms with Gasteiger partial charge in [-0.25, -0.2) is 4.68 Å². The number of piperidine rings is 1. The van der Waals surface area contributed by atoms with Crippen LogP contribution in [-0.2, 0) is 10.3 Å². The molecule has 0 radical (unpaired) electrons. The molecule has 1 atom stereocenters. The minimum atomic E-state index is -0.489. The summed E-state index contributed by atoms with van der Waals surface area (Å²) in [7, 11) is 0. The van der Waals surface area contributed by atoms with E-state index in [1.165, 1.54) is 5.56 Å². The van der Waals surface area contributed by atoms with Gasteiger partial charge in [-0.15, -0.1) is 16.9 Å². The second-order valence-corrected chi connectivity index (χ2v) is 9.35. The molecule has 0 bridgehead atoms. The van der Waals surface area contributed by atoms with Crippen molar-refractivity contribution in [3.8, 4) is 0 Å². The van der Waals surface area contributed by atoms with Crippen LogP contribution in [0.15, 0.2) is 35.4 Å². The van der Waals surface area contributed by atoms with Gasteiger partial charge in [0.1, 0.15) is 5.69 Å². The molecule has 6 nitrogen and oxygen atoms in total. The number of aromatic nitrogens is 3. The van der Waals surface area contributed by atoms with Crippen molar-refractivity contribution in [1.82, 2.24) is 19.9 Å². The normalized spacial score (nSPS) is 17.1. The van der Waals surface area contributed by atoms with Crippen molar-refractivity contribution in [3.63, 3.8) is 0 Å². The number of hydrogen-bond donors (Lipinski definition) is 1. The summed E-state index contributed by atoms with van der Waals surface area (Å²) in [4.78, 5) is 15.9. The molecular weight excluding hydrogens is 358 g/mol. The SMILES string of the molecule is Cc1ccc(S[C@@H](C)C(=O)N2CCC(n3cc(C(C)(C)N)nn3)CC2)cc1. The van der Waals surface area contributed by atoms with E-state index in [4.69, 9.17) is 5.73 Å². The maximum atomic E-state index is 12.8. The van der Waals surface area contributed by atoms with E-state index in [0.717, 1.165) is 36.5 Å². The third-order valence-electron chi connectivity index (χ3n) is 5.00. The maximum Gasteiger partial charge on any atom is 0.235 e. The van der Waals surface area contributed by atoms with E-state index >= 15 is 0 Å². The van der Waals surface area contributed by atoms with Gasteiger partial charge < -0.3 is 10.6 Å². The van der Waals surface area contributed by atoms with Crippen LogP contribution in [0.5, 0.6) is 0 Å². The number of amides is 1. The number of thioether (sulfide) groups is 1. The fraction of sp³-hybridized carbons (Fsp3) is 0.550.